The molecule has 2 aromatic heterocycles. The second-order valence-electron chi connectivity index (χ2n) is 4.47. The number of amides is 1. The molecule has 0 fully saturated rings. The molecule has 1 amide bonds. The molecule has 0 aromatic carbocycles. The van der Waals surface area contributed by atoms with Crippen molar-refractivity contribution in [3.8, 4) is 5.88 Å². The molecule has 20 heavy (non-hydrogen) atoms. The second kappa shape index (κ2) is 6.18. The Morgan fingerprint density at radius 3 is 2.75 bits per heavy atom. The van der Waals surface area contributed by atoms with Crippen molar-refractivity contribution >= 4 is 5.91 Å². The van der Waals surface area contributed by atoms with Crippen LogP contribution in [-0.2, 0) is 17.8 Å². The summed E-state index contributed by atoms with van der Waals surface area (Å²) in [5.74, 6) is 1.16. The Balaban J connectivity index is 1.89. The molecule has 6 nitrogen and oxygen atoms in total. The number of carbonyl (C=O) groups is 1. The highest BCUT2D eigenvalue weighted by atomic mass is 16.5. The number of hydrogen-bond donors (Lipinski definition) is 1. The summed E-state index contributed by atoms with van der Waals surface area (Å²) in [6, 6.07) is 3.62. The number of ether oxygens (including phenoxy) is 1. The average Bonchev–Trinajstić information content (AvgIpc) is 2.77. The molecule has 0 aliphatic heterocycles. The van der Waals surface area contributed by atoms with E-state index in [0.29, 0.717) is 18.2 Å². The molecule has 2 aromatic rings. The fourth-order valence-electron chi connectivity index (χ4n) is 1.81. The molecule has 0 spiro atoms. The molecule has 0 saturated heterocycles. The summed E-state index contributed by atoms with van der Waals surface area (Å²) in [4.78, 5) is 16.0. The molecule has 0 aliphatic rings. The zero-order valence-corrected chi connectivity index (χ0v) is 11.8. The van der Waals surface area contributed by atoms with Crippen LogP contribution in [0.1, 0.15) is 22.6 Å². The number of nitrogens with zero attached hydrogens (tertiary/aromatic N) is 2. The van der Waals surface area contributed by atoms with E-state index in [9.17, 15) is 4.79 Å². The lowest BCUT2D eigenvalue weighted by molar-refractivity contribution is -0.120. The van der Waals surface area contributed by atoms with E-state index >= 15 is 0 Å². The third-order valence-electron chi connectivity index (χ3n) is 3.01. The van der Waals surface area contributed by atoms with Crippen molar-refractivity contribution in [1.82, 2.24) is 15.5 Å². The first-order valence-corrected chi connectivity index (χ1v) is 6.27. The van der Waals surface area contributed by atoms with Gasteiger partial charge in [-0.15, -0.1) is 0 Å². The topological polar surface area (TPSA) is 77.2 Å². The van der Waals surface area contributed by atoms with E-state index in [1.165, 1.54) is 0 Å². The molecular formula is C14H17N3O3. The predicted octanol–water partition coefficient (Wildman–Crippen LogP) is 1.55. The van der Waals surface area contributed by atoms with Gasteiger partial charge < -0.3 is 14.6 Å². The third-order valence-corrected chi connectivity index (χ3v) is 3.01. The van der Waals surface area contributed by atoms with Gasteiger partial charge in [-0.2, -0.15) is 0 Å². The number of nitrogens with one attached hydrogen (secondary N) is 1. The van der Waals surface area contributed by atoms with Crippen LogP contribution in [0.4, 0.5) is 0 Å². The van der Waals surface area contributed by atoms with Gasteiger partial charge in [0.1, 0.15) is 5.76 Å². The first kappa shape index (κ1) is 14.0. The van der Waals surface area contributed by atoms with Crippen molar-refractivity contribution in [1.29, 1.82) is 0 Å². The quantitative estimate of drug-likeness (QED) is 0.896. The van der Waals surface area contributed by atoms with E-state index in [4.69, 9.17) is 9.26 Å². The zero-order valence-electron chi connectivity index (χ0n) is 11.8. The average molecular weight is 275 g/mol. The number of methoxy groups -OCH3 is 1. The molecule has 106 valence electrons. The molecule has 0 bridgehead atoms. The van der Waals surface area contributed by atoms with Crippen LogP contribution in [0.2, 0.25) is 0 Å². The standard InChI is InChI=1S/C14H17N3O3/c1-9-12(10(2)20-17-9)6-13(18)15-7-11-4-5-14(19-3)16-8-11/h4-5,8H,6-7H2,1-3H3,(H,15,18). The van der Waals surface area contributed by atoms with Crippen molar-refractivity contribution in [2.75, 3.05) is 7.11 Å². The summed E-state index contributed by atoms with van der Waals surface area (Å²) >= 11 is 0. The third kappa shape index (κ3) is 3.34. The van der Waals surface area contributed by atoms with E-state index in [2.05, 4.69) is 15.5 Å². The number of pyridine rings is 1. The smallest absolute Gasteiger partial charge is 0.224 e. The summed E-state index contributed by atoms with van der Waals surface area (Å²) < 4.78 is 10.0. The highest BCUT2D eigenvalue weighted by molar-refractivity contribution is 5.78. The first-order chi connectivity index (χ1) is 9.60. The Morgan fingerprint density at radius 2 is 2.20 bits per heavy atom. The summed E-state index contributed by atoms with van der Waals surface area (Å²) in [5, 5.41) is 6.67. The van der Waals surface area contributed by atoms with E-state index in [1.54, 1.807) is 26.3 Å². The predicted molar refractivity (Wildman–Crippen MR) is 72.3 cm³/mol. The highest BCUT2D eigenvalue weighted by Crippen LogP contribution is 2.12. The van der Waals surface area contributed by atoms with Crippen LogP contribution in [0.3, 0.4) is 0 Å². The molecule has 0 radical (unpaired) electrons. The van der Waals surface area contributed by atoms with Crippen molar-refractivity contribution in [3.05, 3.63) is 40.9 Å². The van der Waals surface area contributed by atoms with Gasteiger partial charge in [-0.25, -0.2) is 4.98 Å². The molecule has 6 heteroatoms. The Bertz CT molecular complexity index is 571. The van der Waals surface area contributed by atoms with Gasteiger partial charge in [0, 0.05) is 24.4 Å². The van der Waals surface area contributed by atoms with Crippen LogP contribution in [0.5, 0.6) is 5.88 Å². The molecule has 0 unspecified atom stereocenters. The van der Waals surface area contributed by atoms with Gasteiger partial charge >= 0.3 is 0 Å². The van der Waals surface area contributed by atoms with E-state index < -0.39 is 0 Å². The van der Waals surface area contributed by atoms with Crippen molar-refractivity contribution in [2.24, 2.45) is 0 Å². The maximum absolute atomic E-state index is 11.9. The van der Waals surface area contributed by atoms with Crippen LogP contribution in [-0.4, -0.2) is 23.2 Å². The molecular weight excluding hydrogens is 258 g/mol. The van der Waals surface area contributed by atoms with Crippen molar-refractivity contribution in [3.63, 3.8) is 0 Å². The lowest BCUT2D eigenvalue weighted by Gasteiger charge is -2.05. The van der Waals surface area contributed by atoms with Gasteiger partial charge in [-0.1, -0.05) is 11.2 Å². The summed E-state index contributed by atoms with van der Waals surface area (Å²) in [6.07, 6.45) is 1.94. The number of hydrogen-bond acceptors (Lipinski definition) is 5. The van der Waals surface area contributed by atoms with E-state index in [0.717, 1.165) is 16.8 Å². The Labute approximate surface area is 117 Å². The van der Waals surface area contributed by atoms with E-state index in [1.807, 2.05) is 13.0 Å². The van der Waals surface area contributed by atoms with Gasteiger partial charge in [0.15, 0.2) is 0 Å². The minimum Gasteiger partial charge on any atom is -0.481 e. The van der Waals surface area contributed by atoms with Gasteiger partial charge in [0.2, 0.25) is 11.8 Å². The van der Waals surface area contributed by atoms with Crippen molar-refractivity contribution in [2.45, 2.75) is 26.8 Å². The molecule has 1 N–H and O–H groups in total. The maximum atomic E-state index is 11.9. The van der Waals surface area contributed by atoms with Crippen molar-refractivity contribution < 1.29 is 14.1 Å². The van der Waals surface area contributed by atoms with Crippen LogP contribution < -0.4 is 10.1 Å². The molecule has 0 atom stereocenters. The number of aromatic nitrogens is 2. The lowest BCUT2D eigenvalue weighted by atomic mass is 10.1. The second-order valence-corrected chi connectivity index (χ2v) is 4.47. The SMILES string of the molecule is COc1ccc(CNC(=O)Cc2c(C)noc2C)cn1. The molecule has 0 saturated carbocycles. The van der Waals surface area contributed by atoms with Crippen LogP contribution >= 0.6 is 0 Å². The van der Waals surface area contributed by atoms with Gasteiger partial charge in [-0.3, -0.25) is 4.79 Å². The molecule has 2 heterocycles. The van der Waals surface area contributed by atoms with Crippen LogP contribution in [0.15, 0.2) is 22.9 Å². The summed E-state index contributed by atoms with van der Waals surface area (Å²) in [5.41, 5.74) is 2.51. The zero-order chi connectivity index (χ0) is 14.5. The lowest BCUT2D eigenvalue weighted by Crippen LogP contribution is -2.25. The molecule has 2 rings (SSSR count). The van der Waals surface area contributed by atoms with E-state index in [-0.39, 0.29) is 12.3 Å². The highest BCUT2D eigenvalue weighted by Gasteiger charge is 2.13. The number of carbonyl (C=O) groups excluding carboxylic acids is 1. The van der Waals surface area contributed by atoms with Gasteiger partial charge in [0.05, 0.1) is 19.2 Å². The Hall–Kier alpha value is -2.37. The number of rotatable bonds is 5. The normalized spacial score (nSPS) is 10.3. The summed E-state index contributed by atoms with van der Waals surface area (Å²) in [6.45, 7) is 4.06. The van der Waals surface area contributed by atoms with Crippen LogP contribution in [0.25, 0.3) is 0 Å². The maximum Gasteiger partial charge on any atom is 0.224 e. The monoisotopic (exact) mass is 275 g/mol. The Morgan fingerprint density at radius 1 is 1.40 bits per heavy atom. The molecule has 0 aliphatic carbocycles. The summed E-state index contributed by atoms with van der Waals surface area (Å²) in [7, 11) is 1.56. The first-order valence-electron chi connectivity index (χ1n) is 6.27. The van der Waals surface area contributed by atoms with Crippen LogP contribution in [0, 0.1) is 13.8 Å². The largest absolute Gasteiger partial charge is 0.481 e. The van der Waals surface area contributed by atoms with Gasteiger partial charge in [0.25, 0.3) is 0 Å². The minimum absolute atomic E-state index is 0.0739. The fourth-order valence-corrected chi connectivity index (χ4v) is 1.81. The number of aryl methyl sites for hydroxylation is 2. The fraction of sp³-hybridized carbons (Fsp3) is 0.357. The Kier molecular flexibility index (Phi) is 4.34. The van der Waals surface area contributed by atoms with Gasteiger partial charge in [-0.05, 0) is 19.4 Å². The minimum atomic E-state index is -0.0739.